The molecular formula is C32H33ClN4O3. The summed E-state index contributed by atoms with van der Waals surface area (Å²) < 4.78 is 11.9. The molecule has 5 rings (SSSR count). The summed E-state index contributed by atoms with van der Waals surface area (Å²) in [6, 6.07) is 21.3. The fourth-order valence-corrected chi connectivity index (χ4v) is 5.11. The van der Waals surface area contributed by atoms with E-state index in [0.29, 0.717) is 23.1 Å². The van der Waals surface area contributed by atoms with Crippen LogP contribution in [0.5, 0.6) is 11.5 Å². The number of ether oxygens (including phenoxy) is 2. The topological polar surface area (TPSA) is 67.8 Å². The van der Waals surface area contributed by atoms with Crippen molar-refractivity contribution in [3.63, 3.8) is 0 Å². The summed E-state index contributed by atoms with van der Waals surface area (Å²) in [6.07, 6.45) is 4.44. The Morgan fingerprint density at radius 2 is 1.82 bits per heavy atom. The first-order valence-corrected chi connectivity index (χ1v) is 13.8. The van der Waals surface area contributed by atoms with Gasteiger partial charge in [0.15, 0.2) is 11.5 Å². The number of nitrogens with zero attached hydrogens (tertiary/aromatic N) is 4. The summed E-state index contributed by atoms with van der Waals surface area (Å²) in [5.41, 5.74) is 5.65. The van der Waals surface area contributed by atoms with E-state index in [-0.39, 0.29) is 24.5 Å². The number of rotatable bonds is 9. The maximum atomic E-state index is 13.8. The standard InChI is InChI=1S/C32H33ClN4O3/c1-5-21(2)40-30-18-28-23(16-29(30)39-4)17-31(38)37(32(28)22-6-8-24(33)9-7-22)27-12-10-26(11-13-27)36(3)19-25-14-15-34-20-35-25/h6-16,18,20-21,32H,5,17,19H2,1-4H3/t21-,32?/m1/s1. The van der Waals surface area contributed by atoms with Gasteiger partial charge in [-0.1, -0.05) is 30.7 Å². The normalized spacial score (nSPS) is 15.4. The predicted octanol–water partition coefficient (Wildman–Crippen LogP) is 6.63. The molecule has 206 valence electrons. The SMILES string of the molecule is CC[C@@H](C)Oc1cc2c(cc1OC)CC(=O)N(c1ccc(N(C)Cc3ccncn3)cc1)C2c1ccc(Cl)cc1. The van der Waals surface area contributed by atoms with Crippen molar-refractivity contribution in [3.8, 4) is 11.5 Å². The highest BCUT2D eigenvalue weighted by Gasteiger charge is 2.36. The minimum atomic E-state index is -0.358. The molecule has 4 aromatic rings. The highest BCUT2D eigenvalue weighted by Crippen LogP contribution is 2.44. The molecule has 0 spiro atoms. The Balaban J connectivity index is 1.54. The van der Waals surface area contributed by atoms with Gasteiger partial charge in [0.1, 0.15) is 6.33 Å². The summed E-state index contributed by atoms with van der Waals surface area (Å²) in [5, 5.41) is 0.643. The molecule has 0 aliphatic carbocycles. The van der Waals surface area contributed by atoms with Gasteiger partial charge in [-0.15, -0.1) is 0 Å². The quantitative estimate of drug-likeness (QED) is 0.230. The summed E-state index contributed by atoms with van der Waals surface area (Å²) in [6.45, 7) is 4.77. The Morgan fingerprint density at radius 3 is 2.48 bits per heavy atom. The average molecular weight is 557 g/mol. The van der Waals surface area contributed by atoms with Gasteiger partial charge in [-0.2, -0.15) is 0 Å². The van der Waals surface area contributed by atoms with E-state index in [2.05, 4.69) is 21.8 Å². The van der Waals surface area contributed by atoms with Crippen molar-refractivity contribution >= 4 is 28.9 Å². The smallest absolute Gasteiger partial charge is 0.232 e. The van der Waals surface area contributed by atoms with Gasteiger partial charge in [0, 0.05) is 29.6 Å². The van der Waals surface area contributed by atoms with Crippen LogP contribution in [0, 0.1) is 0 Å². The number of amides is 1. The van der Waals surface area contributed by atoms with Gasteiger partial charge in [0.2, 0.25) is 5.91 Å². The second-order valence-electron chi connectivity index (χ2n) is 10.0. The van der Waals surface area contributed by atoms with E-state index in [0.717, 1.165) is 40.2 Å². The molecule has 0 radical (unpaired) electrons. The van der Waals surface area contributed by atoms with Crippen LogP contribution in [0.1, 0.15) is 48.7 Å². The molecule has 0 saturated heterocycles. The number of hydrogen-bond acceptors (Lipinski definition) is 6. The first-order chi connectivity index (χ1) is 19.4. The number of carbonyl (C=O) groups excluding carboxylic acids is 1. The van der Waals surface area contributed by atoms with Crippen LogP contribution in [0.3, 0.4) is 0 Å². The van der Waals surface area contributed by atoms with Crippen LogP contribution in [-0.2, 0) is 17.8 Å². The van der Waals surface area contributed by atoms with Crippen molar-refractivity contribution in [2.24, 2.45) is 0 Å². The molecule has 1 aromatic heterocycles. The molecule has 7 nitrogen and oxygen atoms in total. The van der Waals surface area contributed by atoms with Crippen molar-refractivity contribution in [2.45, 2.75) is 45.4 Å². The van der Waals surface area contributed by atoms with Gasteiger partial charge in [0.25, 0.3) is 0 Å². The van der Waals surface area contributed by atoms with Crippen LogP contribution < -0.4 is 19.3 Å². The van der Waals surface area contributed by atoms with Crippen LogP contribution in [-0.4, -0.2) is 36.1 Å². The van der Waals surface area contributed by atoms with E-state index >= 15 is 0 Å². The monoisotopic (exact) mass is 556 g/mol. The molecule has 0 saturated carbocycles. The number of benzene rings is 3. The van der Waals surface area contributed by atoms with Crippen molar-refractivity contribution in [1.29, 1.82) is 0 Å². The zero-order valence-corrected chi connectivity index (χ0v) is 23.9. The number of hydrogen-bond donors (Lipinski definition) is 0. The predicted molar refractivity (Wildman–Crippen MR) is 158 cm³/mol. The molecule has 40 heavy (non-hydrogen) atoms. The van der Waals surface area contributed by atoms with E-state index in [4.69, 9.17) is 21.1 Å². The fraction of sp³-hybridized carbons (Fsp3) is 0.281. The Hall–Kier alpha value is -4.10. The maximum absolute atomic E-state index is 13.8. The third kappa shape index (κ3) is 5.75. The van der Waals surface area contributed by atoms with Gasteiger partial charge in [-0.3, -0.25) is 4.79 Å². The second kappa shape index (κ2) is 12.0. The number of carbonyl (C=O) groups is 1. The molecule has 8 heteroatoms. The van der Waals surface area contributed by atoms with E-state index in [1.807, 2.05) is 85.6 Å². The van der Waals surface area contributed by atoms with Crippen LogP contribution in [0.4, 0.5) is 11.4 Å². The average Bonchev–Trinajstić information content (AvgIpc) is 2.97. The lowest BCUT2D eigenvalue weighted by Crippen LogP contribution is -2.41. The second-order valence-corrected chi connectivity index (χ2v) is 10.4. The lowest BCUT2D eigenvalue weighted by molar-refractivity contribution is -0.118. The van der Waals surface area contributed by atoms with Crippen molar-refractivity contribution < 1.29 is 14.3 Å². The van der Waals surface area contributed by atoms with Crippen LogP contribution in [0.15, 0.2) is 79.3 Å². The zero-order chi connectivity index (χ0) is 28.2. The lowest BCUT2D eigenvalue weighted by Gasteiger charge is -2.38. The van der Waals surface area contributed by atoms with Crippen LogP contribution >= 0.6 is 11.6 Å². The van der Waals surface area contributed by atoms with Crippen LogP contribution in [0.2, 0.25) is 5.02 Å². The molecule has 1 unspecified atom stereocenters. The molecule has 1 aliphatic rings. The van der Waals surface area contributed by atoms with Gasteiger partial charge in [0.05, 0.1) is 37.9 Å². The van der Waals surface area contributed by atoms with Crippen molar-refractivity contribution in [1.82, 2.24) is 9.97 Å². The molecule has 3 aromatic carbocycles. The number of aromatic nitrogens is 2. The first-order valence-electron chi connectivity index (χ1n) is 13.4. The van der Waals surface area contributed by atoms with Crippen molar-refractivity contribution in [2.75, 3.05) is 24.0 Å². The van der Waals surface area contributed by atoms with Crippen molar-refractivity contribution in [3.05, 3.63) is 107 Å². The summed E-state index contributed by atoms with van der Waals surface area (Å²) in [4.78, 5) is 26.1. The first kappa shape index (κ1) is 27.5. The third-order valence-electron chi connectivity index (χ3n) is 7.29. The van der Waals surface area contributed by atoms with E-state index in [1.54, 1.807) is 19.6 Å². The highest BCUT2D eigenvalue weighted by atomic mass is 35.5. The number of methoxy groups -OCH3 is 1. The fourth-order valence-electron chi connectivity index (χ4n) is 4.99. The van der Waals surface area contributed by atoms with Gasteiger partial charge < -0.3 is 19.3 Å². The molecule has 2 heterocycles. The molecule has 1 amide bonds. The molecule has 2 atom stereocenters. The maximum Gasteiger partial charge on any atom is 0.232 e. The minimum Gasteiger partial charge on any atom is -0.493 e. The molecule has 0 fully saturated rings. The number of halogens is 1. The van der Waals surface area contributed by atoms with Gasteiger partial charge in [-0.25, -0.2) is 9.97 Å². The summed E-state index contributed by atoms with van der Waals surface area (Å²) in [5.74, 6) is 1.31. The third-order valence-corrected chi connectivity index (χ3v) is 7.54. The number of fused-ring (bicyclic) bond motifs is 1. The molecule has 0 bridgehead atoms. The Labute approximate surface area is 240 Å². The summed E-state index contributed by atoms with van der Waals surface area (Å²) in [7, 11) is 3.64. The molecule has 1 aliphatic heterocycles. The van der Waals surface area contributed by atoms with E-state index in [1.165, 1.54) is 0 Å². The Morgan fingerprint density at radius 1 is 1.07 bits per heavy atom. The Kier molecular flexibility index (Phi) is 8.21. The van der Waals surface area contributed by atoms with Crippen LogP contribution in [0.25, 0.3) is 0 Å². The lowest BCUT2D eigenvalue weighted by atomic mass is 9.86. The zero-order valence-electron chi connectivity index (χ0n) is 23.2. The van der Waals surface area contributed by atoms with E-state index < -0.39 is 0 Å². The van der Waals surface area contributed by atoms with Gasteiger partial charge in [-0.05, 0) is 84.6 Å². The Bertz CT molecular complexity index is 1460. The molecular weight excluding hydrogens is 524 g/mol. The summed E-state index contributed by atoms with van der Waals surface area (Å²) >= 11 is 6.25. The minimum absolute atomic E-state index is 0.00666. The number of anilines is 2. The van der Waals surface area contributed by atoms with E-state index in [9.17, 15) is 4.79 Å². The van der Waals surface area contributed by atoms with Gasteiger partial charge >= 0.3 is 0 Å². The largest absolute Gasteiger partial charge is 0.493 e. The molecule has 0 N–H and O–H groups in total. The highest BCUT2D eigenvalue weighted by molar-refractivity contribution is 6.30.